The Morgan fingerprint density at radius 2 is 1.62 bits per heavy atom. The second kappa shape index (κ2) is 8.81. The summed E-state index contributed by atoms with van der Waals surface area (Å²) in [6, 6.07) is 19.9. The first-order chi connectivity index (χ1) is 17.9. The molecule has 0 saturated heterocycles. The summed E-state index contributed by atoms with van der Waals surface area (Å²) in [5, 5.41) is 4.23. The maximum absolute atomic E-state index is 14.0. The Morgan fingerprint density at radius 1 is 0.865 bits per heavy atom. The van der Waals surface area contributed by atoms with Gasteiger partial charge >= 0.3 is 0 Å². The van der Waals surface area contributed by atoms with Gasteiger partial charge in [-0.15, -0.1) is 0 Å². The normalized spacial score (nSPS) is 15.4. The van der Waals surface area contributed by atoms with E-state index >= 15 is 0 Å². The lowest BCUT2D eigenvalue weighted by atomic mass is 10.0. The van der Waals surface area contributed by atoms with Gasteiger partial charge in [0.1, 0.15) is 5.82 Å². The van der Waals surface area contributed by atoms with Crippen molar-refractivity contribution in [3.8, 4) is 11.3 Å². The molecule has 0 unspecified atom stereocenters. The second-order valence-electron chi connectivity index (χ2n) is 9.40. The van der Waals surface area contributed by atoms with Crippen LogP contribution in [-0.4, -0.2) is 49.9 Å². The van der Waals surface area contributed by atoms with E-state index in [0.29, 0.717) is 35.2 Å². The van der Waals surface area contributed by atoms with Crippen LogP contribution in [0.4, 0.5) is 4.39 Å². The van der Waals surface area contributed by atoms with E-state index in [1.165, 1.54) is 17.0 Å². The largest absolute Gasteiger partial charge is 0.329 e. The topological polar surface area (TPSA) is 75.5 Å². The molecule has 0 radical (unpaired) electrons. The minimum absolute atomic E-state index is 0.0111. The molecule has 3 heterocycles. The monoisotopic (exact) mass is 494 g/mol. The van der Waals surface area contributed by atoms with E-state index < -0.39 is 6.04 Å². The molecule has 1 aromatic heterocycles. The lowest BCUT2D eigenvalue weighted by Crippen LogP contribution is -2.47. The molecule has 0 bridgehead atoms. The lowest BCUT2D eigenvalue weighted by Gasteiger charge is -2.31. The van der Waals surface area contributed by atoms with Gasteiger partial charge in [0.15, 0.2) is 0 Å². The van der Waals surface area contributed by atoms with E-state index in [0.717, 1.165) is 16.8 Å². The summed E-state index contributed by atoms with van der Waals surface area (Å²) in [6.45, 7) is 0.334. The summed E-state index contributed by atoms with van der Waals surface area (Å²) >= 11 is 0. The molecule has 0 saturated carbocycles. The predicted molar refractivity (Wildman–Crippen MR) is 134 cm³/mol. The fraction of sp³-hybridized carbons (Fsp3) is 0.172. The molecule has 0 aliphatic carbocycles. The lowest BCUT2D eigenvalue weighted by molar-refractivity contribution is 0.0528. The number of aromatic nitrogens is 2. The van der Waals surface area contributed by atoms with Crippen molar-refractivity contribution in [3.05, 3.63) is 113 Å². The zero-order chi connectivity index (χ0) is 25.7. The highest BCUT2D eigenvalue weighted by molar-refractivity contribution is 6.21. The Balaban J connectivity index is 1.33. The number of hydrogen-bond donors (Lipinski definition) is 0. The first kappa shape index (κ1) is 22.8. The molecule has 37 heavy (non-hydrogen) atoms. The van der Waals surface area contributed by atoms with E-state index in [2.05, 4.69) is 5.10 Å². The molecule has 2 aliphatic rings. The van der Waals surface area contributed by atoms with Crippen LogP contribution >= 0.6 is 0 Å². The Kier molecular flexibility index (Phi) is 5.44. The van der Waals surface area contributed by atoms with Crippen LogP contribution in [0.3, 0.4) is 0 Å². The van der Waals surface area contributed by atoms with Gasteiger partial charge in [-0.05, 0) is 60.0 Å². The van der Waals surface area contributed by atoms with Crippen LogP contribution in [0.2, 0.25) is 0 Å². The molecule has 7 nitrogen and oxygen atoms in total. The van der Waals surface area contributed by atoms with Crippen molar-refractivity contribution in [2.24, 2.45) is 7.05 Å². The molecule has 0 spiro atoms. The number of halogens is 1. The van der Waals surface area contributed by atoms with Gasteiger partial charge in [0, 0.05) is 30.9 Å². The molecule has 0 fully saturated rings. The molecular formula is C29H23FN4O3. The number of fused-ring (bicyclic) bond motifs is 2. The molecule has 0 N–H and O–H groups in total. The fourth-order valence-electron chi connectivity index (χ4n) is 5.28. The van der Waals surface area contributed by atoms with Gasteiger partial charge in [0.25, 0.3) is 17.7 Å². The van der Waals surface area contributed by atoms with Gasteiger partial charge in [-0.1, -0.05) is 30.3 Å². The average molecular weight is 495 g/mol. The summed E-state index contributed by atoms with van der Waals surface area (Å²) in [5.41, 5.74) is 4.70. The van der Waals surface area contributed by atoms with Gasteiger partial charge in [0.2, 0.25) is 0 Å². The van der Waals surface area contributed by atoms with Crippen LogP contribution in [0.1, 0.15) is 42.2 Å². The molecule has 8 heteroatoms. The number of hydrogen-bond acceptors (Lipinski definition) is 4. The van der Waals surface area contributed by atoms with E-state index in [9.17, 15) is 18.8 Å². The number of nitrogens with zero attached hydrogens (tertiary/aromatic N) is 4. The van der Waals surface area contributed by atoms with Crippen LogP contribution in [0.15, 0.2) is 79.0 Å². The molecule has 3 aromatic carbocycles. The minimum Gasteiger partial charge on any atom is -0.329 e. The predicted octanol–water partition coefficient (Wildman–Crippen LogP) is 4.09. The van der Waals surface area contributed by atoms with Crippen LogP contribution < -0.4 is 0 Å². The second-order valence-corrected chi connectivity index (χ2v) is 9.40. The summed E-state index contributed by atoms with van der Waals surface area (Å²) in [6.07, 6.45) is 2.01. The molecule has 2 aliphatic heterocycles. The van der Waals surface area contributed by atoms with Crippen molar-refractivity contribution in [3.63, 3.8) is 0 Å². The number of imide groups is 1. The average Bonchev–Trinajstić information content (AvgIpc) is 3.54. The number of amides is 3. The number of benzene rings is 3. The maximum Gasteiger partial charge on any atom is 0.261 e. The van der Waals surface area contributed by atoms with Gasteiger partial charge in [0.05, 0.1) is 29.4 Å². The van der Waals surface area contributed by atoms with Gasteiger partial charge in [-0.2, -0.15) is 5.10 Å². The highest BCUT2D eigenvalue weighted by atomic mass is 19.1. The van der Waals surface area contributed by atoms with Crippen molar-refractivity contribution in [2.45, 2.75) is 19.0 Å². The number of carbonyl (C=O) groups excluding carboxylic acids is 3. The van der Waals surface area contributed by atoms with Crippen LogP contribution in [0.5, 0.6) is 0 Å². The standard InChI is InChI=1S/C29H23FN4O3/c1-32-26(11-12-31-32)19-9-10-23-20(15-19)16-33(27(23)35)22(14-18-5-4-6-21(30)13-18)17-34-28(36)24-7-2-3-8-25(24)29(34)37/h2-13,15,22H,14,16-17H2,1H3/t22-/m0/s1. The Morgan fingerprint density at radius 3 is 2.30 bits per heavy atom. The van der Waals surface area contributed by atoms with Crippen molar-refractivity contribution >= 4 is 17.7 Å². The quantitative estimate of drug-likeness (QED) is 0.379. The Labute approximate surface area is 212 Å². The van der Waals surface area contributed by atoms with Crippen LogP contribution in [0.25, 0.3) is 11.3 Å². The Bertz CT molecular complexity index is 1540. The summed E-state index contributed by atoms with van der Waals surface area (Å²) in [4.78, 5) is 42.7. The van der Waals surface area contributed by atoms with Crippen LogP contribution in [0, 0.1) is 5.82 Å². The molecule has 4 aromatic rings. The third kappa shape index (κ3) is 3.91. The Hall–Kier alpha value is -4.59. The third-order valence-corrected chi connectivity index (χ3v) is 7.13. The fourth-order valence-corrected chi connectivity index (χ4v) is 5.28. The molecule has 6 rings (SSSR count). The molecule has 1 atom stereocenters. The number of aryl methyl sites for hydroxylation is 1. The zero-order valence-electron chi connectivity index (χ0n) is 20.1. The van der Waals surface area contributed by atoms with E-state index in [4.69, 9.17) is 0 Å². The molecule has 184 valence electrons. The summed E-state index contributed by atoms with van der Waals surface area (Å²) in [5.74, 6) is -1.32. The van der Waals surface area contributed by atoms with Crippen molar-refractivity contribution in [2.75, 3.05) is 6.54 Å². The third-order valence-electron chi connectivity index (χ3n) is 7.13. The van der Waals surface area contributed by atoms with Gasteiger partial charge in [-0.3, -0.25) is 24.0 Å². The highest BCUT2D eigenvalue weighted by Gasteiger charge is 2.40. The maximum atomic E-state index is 14.0. The minimum atomic E-state index is -0.538. The van der Waals surface area contributed by atoms with Crippen molar-refractivity contribution in [1.29, 1.82) is 0 Å². The summed E-state index contributed by atoms with van der Waals surface area (Å²) in [7, 11) is 1.86. The highest BCUT2D eigenvalue weighted by Crippen LogP contribution is 2.32. The van der Waals surface area contributed by atoms with Crippen molar-refractivity contribution < 1.29 is 18.8 Å². The number of carbonyl (C=O) groups is 3. The van der Waals surface area contributed by atoms with Gasteiger partial charge in [-0.25, -0.2) is 4.39 Å². The van der Waals surface area contributed by atoms with Crippen molar-refractivity contribution in [1.82, 2.24) is 19.6 Å². The zero-order valence-corrected chi connectivity index (χ0v) is 20.1. The summed E-state index contributed by atoms with van der Waals surface area (Å²) < 4.78 is 15.8. The SMILES string of the molecule is Cn1nccc1-c1ccc2c(c1)CN([C@@H](Cc1cccc(F)c1)CN1C(=O)c3ccccc3C1=O)C2=O. The van der Waals surface area contributed by atoms with E-state index in [1.807, 2.05) is 25.2 Å². The molecular weight excluding hydrogens is 471 g/mol. The number of rotatable bonds is 6. The van der Waals surface area contributed by atoms with E-state index in [1.54, 1.807) is 58.2 Å². The smallest absolute Gasteiger partial charge is 0.261 e. The van der Waals surface area contributed by atoms with Crippen LogP contribution in [-0.2, 0) is 20.0 Å². The van der Waals surface area contributed by atoms with E-state index in [-0.39, 0.29) is 30.1 Å². The van der Waals surface area contributed by atoms with Gasteiger partial charge < -0.3 is 4.90 Å². The first-order valence-corrected chi connectivity index (χ1v) is 12.0. The molecule has 3 amide bonds. The first-order valence-electron chi connectivity index (χ1n) is 12.0.